The van der Waals surface area contributed by atoms with Gasteiger partial charge in [-0.15, -0.1) is 0 Å². The molecule has 3 rings (SSSR count). The van der Waals surface area contributed by atoms with Crippen LogP contribution >= 0.6 is 0 Å². The van der Waals surface area contributed by atoms with Crippen LogP contribution in [0.3, 0.4) is 0 Å². The highest BCUT2D eigenvalue weighted by atomic mass is 16.7. The number of hydrogen-bond donors (Lipinski definition) is 0. The Hall–Kier alpha value is -2.02. The number of ether oxygens (including phenoxy) is 2. The molecule has 1 aliphatic carbocycles. The molecule has 3 unspecified atom stereocenters. The molecule has 0 bridgehead atoms. The van der Waals surface area contributed by atoms with Crippen LogP contribution in [0.1, 0.15) is 24.8 Å². The minimum Gasteiger partial charge on any atom is -0.454 e. The third kappa shape index (κ3) is 1.72. The molecule has 92 valence electrons. The third-order valence-electron chi connectivity index (χ3n) is 3.62. The van der Waals surface area contributed by atoms with E-state index in [2.05, 4.69) is 6.07 Å². The standard InChI is InChI=1S/C14H13NO3/c1-8-4-10(8)14(16)11(6-15)9-2-3-12-13(5-9)18-7-17-12/h2-3,5,8,10-11H,4,7H2,1H3. The quantitative estimate of drug-likeness (QED) is 0.816. The minimum atomic E-state index is -0.686. The second kappa shape index (κ2) is 4.02. The third-order valence-corrected chi connectivity index (χ3v) is 3.62. The molecule has 1 aromatic rings. The lowest BCUT2D eigenvalue weighted by atomic mass is 9.92. The van der Waals surface area contributed by atoms with Crippen molar-refractivity contribution in [2.24, 2.45) is 11.8 Å². The number of carbonyl (C=O) groups excluding carboxylic acids is 1. The lowest BCUT2D eigenvalue weighted by Crippen LogP contribution is -2.13. The molecular weight excluding hydrogens is 230 g/mol. The van der Waals surface area contributed by atoms with E-state index in [1.807, 2.05) is 6.92 Å². The van der Waals surface area contributed by atoms with E-state index in [9.17, 15) is 10.1 Å². The lowest BCUT2D eigenvalue weighted by molar-refractivity contribution is -0.120. The van der Waals surface area contributed by atoms with Gasteiger partial charge in [0.25, 0.3) is 0 Å². The second-order valence-corrected chi connectivity index (χ2v) is 4.90. The van der Waals surface area contributed by atoms with Gasteiger partial charge in [-0.2, -0.15) is 5.26 Å². The largest absolute Gasteiger partial charge is 0.454 e. The number of carbonyl (C=O) groups is 1. The summed E-state index contributed by atoms with van der Waals surface area (Å²) in [6.07, 6.45) is 0.904. The van der Waals surface area contributed by atoms with Gasteiger partial charge in [0.1, 0.15) is 5.92 Å². The Morgan fingerprint density at radius 1 is 1.44 bits per heavy atom. The first-order valence-electron chi connectivity index (χ1n) is 6.03. The van der Waals surface area contributed by atoms with E-state index in [1.165, 1.54) is 0 Å². The van der Waals surface area contributed by atoms with Gasteiger partial charge in [0.05, 0.1) is 6.07 Å². The summed E-state index contributed by atoms with van der Waals surface area (Å²) < 4.78 is 10.5. The molecule has 0 radical (unpaired) electrons. The Morgan fingerprint density at radius 2 is 2.17 bits per heavy atom. The Labute approximate surface area is 105 Å². The molecule has 2 aliphatic rings. The van der Waals surface area contributed by atoms with Crippen LogP contribution in [0.4, 0.5) is 0 Å². The van der Waals surface area contributed by atoms with Gasteiger partial charge in [-0.3, -0.25) is 4.79 Å². The van der Waals surface area contributed by atoms with Crippen molar-refractivity contribution >= 4 is 5.78 Å². The van der Waals surface area contributed by atoms with Crippen molar-refractivity contribution in [1.82, 2.24) is 0 Å². The Bertz CT molecular complexity index is 546. The highest BCUT2D eigenvalue weighted by Gasteiger charge is 2.42. The van der Waals surface area contributed by atoms with Crippen LogP contribution in [-0.4, -0.2) is 12.6 Å². The van der Waals surface area contributed by atoms with E-state index in [0.717, 1.165) is 6.42 Å². The number of nitrogens with zero attached hydrogens (tertiary/aromatic N) is 1. The Balaban J connectivity index is 1.88. The summed E-state index contributed by atoms with van der Waals surface area (Å²) in [6.45, 7) is 2.24. The van der Waals surface area contributed by atoms with Gasteiger partial charge < -0.3 is 9.47 Å². The number of rotatable bonds is 3. The molecular formula is C14H13NO3. The van der Waals surface area contributed by atoms with Crippen molar-refractivity contribution in [3.63, 3.8) is 0 Å². The Morgan fingerprint density at radius 3 is 2.83 bits per heavy atom. The molecule has 18 heavy (non-hydrogen) atoms. The van der Waals surface area contributed by atoms with E-state index in [0.29, 0.717) is 23.0 Å². The summed E-state index contributed by atoms with van der Waals surface area (Å²) >= 11 is 0. The summed E-state index contributed by atoms with van der Waals surface area (Å²) in [5, 5.41) is 9.22. The van der Waals surface area contributed by atoms with Gasteiger partial charge in [0, 0.05) is 5.92 Å². The number of Topliss-reactive ketones (excluding diaryl/α,β-unsaturated/α-hetero) is 1. The van der Waals surface area contributed by atoms with E-state index >= 15 is 0 Å². The average molecular weight is 243 g/mol. The second-order valence-electron chi connectivity index (χ2n) is 4.90. The summed E-state index contributed by atoms with van der Waals surface area (Å²) in [7, 11) is 0. The maximum atomic E-state index is 12.2. The van der Waals surface area contributed by atoms with Crippen LogP contribution in [-0.2, 0) is 4.79 Å². The molecule has 4 nitrogen and oxygen atoms in total. The molecule has 0 saturated heterocycles. The van der Waals surface area contributed by atoms with E-state index < -0.39 is 5.92 Å². The fourth-order valence-corrected chi connectivity index (χ4v) is 2.33. The fraction of sp³-hybridized carbons (Fsp3) is 0.429. The maximum Gasteiger partial charge on any atom is 0.231 e. The SMILES string of the molecule is CC1CC1C(=O)C(C#N)c1ccc2c(c1)OCO2. The fourth-order valence-electron chi connectivity index (χ4n) is 2.33. The zero-order valence-corrected chi connectivity index (χ0v) is 10.1. The van der Waals surface area contributed by atoms with Gasteiger partial charge >= 0.3 is 0 Å². The first-order valence-corrected chi connectivity index (χ1v) is 6.03. The van der Waals surface area contributed by atoms with Crippen molar-refractivity contribution in [2.75, 3.05) is 6.79 Å². The highest BCUT2D eigenvalue weighted by Crippen LogP contribution is 2.43. The number of fused-ring (bicyclic) bond motifs is 1. The molecule has 1 fully saturated rings. The molecule has 0 amide bonds. The summed E-state index contributed by atoms with van der Waals surface area (Å²) in [6, 6.07) is 7.37. The Kier molecular flexibility index (Phi) is 2.48. The molecule has 0 N–H and O–H groups in total. The molecule has 1 aromatic carbocycles. The molecule has 1 saturated carbocycles. The van der Waals surface area contributed by atoms with E-state index in [-0.39, 0.29) is 18.5 Å². The summed E-state index contributed by atoms with van der Waals surface area (Å²) in [5.74, 6) is 1.10. The van der Waals surface area contributed by atoms with Crippen LogP contribution in [0.2, 0.25) is 0 Å². The van der Waals surface area contributed by atoms with Crippen molar-refractivity contribution in [3.05, 3.63) is 23.8 Å². The molecule has 0 aromatic heterocycles. The first kappa shape index (κ1) is 11.1. The number of hydrogen-bond acceptors (Lipinski definition) is 4. The molecule has 1 heterocycles. The monoisotopic (exact) mass is 243 g/mol. The normalized spacial score (nSPS) is 25.3. The summed E-state index contributed by atoms with van der Waals surface area (Å²) in [5.41, 5.74) is 0.700. The van der Waals surface area contributed by atoms with Crippen LogP contribution in [0.5, 0.6) is 11.5 Å². The molecule has 3 atom stereocenters. The van der Waals surface area contributed by atoms with Crippen molar-refractivity contribution in [1.29, 1.82) is 5.26 Å². The average Bonchev–Trinajstić information content (AvgIpc) is 2.91. The molecule has 0 spiro atoms. The van der Waals surface area contributed by atoms with Crippen molar-refractivity contribution < 1.29 is 14.3 Å². The topological polar surface area (TPSA) is 59.3 Å². The summed E-state index contributed by atoms with van der Waals surface area (Å²) in [4.78, 5) is 12.2. The number of nitriles is 1. The number of benzene rings is 1. The van der Waals surface area contributed by atoms with E-state index in [4.69, 9.17) is 9.47 Å². The first-order chi connectivity index (χ1) is 8.70. The highest BCUT2D eigenvalue weighted by molar-refractivity contribution is 5.92. The maximum absolute atomic E-state index is 12.2. The number of ketones is 1. The van der Waals surface area contributed by atoms with Crippen molar-refractivity contribution in [2.45, 2.75) is 19.3 Å². The zero-order valence-electron chi connectivity index (χ0n) is 10.1. The molecule has 4 heteroatoms. The van der Waals surface area contributed by atoms with Gasteiger partial charge in [-0.05, 0) is 30.0 Å². The van der Waals surface area contributed by atoms with Crippen LogP contribution in [0.15, 0.2) is 18.2 Å². The zero-order chi connectivity index (χ0) is 12.7. The smallest absolute Gasteiger partial charge is 0.231 e. The van der Waals surface area contributed by atoms with Gasteiger partial charge in [-0.25, -0.2) is 0 Å². The van der Waals surface area contributed by atoms with Crippen LogP contribution in [0.25, 0.3) is 0 Å². The predicted molar refractivity (Wildman–Crippen MR) is 63.2 cm³/mol. The lowest BCUT2D eigenvalue weighted by Gasteiger charge is -2.08. The van der Waals surface area contributed by atoms with Gasteiger partial charge in [0.2, 0.25) is 6.79 Å². The van der Waals surface area contributed by atoms with Crippen LogP contribution < -0.4 is 9.47 Å². The van der Waals surface area contributed by atoms with Gasteiger partial charge in [-0.1, -0.05) is 13.0 Å². The predicted octanol–water partition coefficient (Wildman–Crippen LogP) is 2.25. The minimum absolute atomic E-state index is 0.0314. The van der Waals surface area contributed by atoms with Crippen molar-refractivity contribution in [3.8, 4) is 17.6 Å². The van der Waals surface area contributed by atoms with Crippen LogP contribution in [0, 0.1) is 23.2 Å². The van der Waals surface area contributed by atoms with E-state index in [1.54, 1.807) is 18.2 Å². The van der Waals surface area contributed by atoms with Gasteiger partial charge in [0.15, 0.2) is 17.3 Å². The molecule has 1 aliphatic heterocycles.